The smallest absolute Gasteiger partial charge is 0.128 e. The number of nitrogens with one attached hydrogen (secondary N) is 1. The van der Waals surface area contributed by atoms with E-state index in [4.69, 9.17) is 5.84 Å². The first-order valence-corrected chi connectivity index (χ1v) is 5.60. The molecule has 1 unspecified atom stereocenters. The van der Waals surface area contributed by atoms with Crippen molar-refractivity contribution < 1.29 is 8.78 Å². The summed E-state index contributed by atoms with van der Waals surface area (Å²) in [4.78, 5) is 0. The van der Waals surface area contributed by atoms with E-state index in [1.165, 1.54) is 12.1 Å². The monoisotopic (exact) mass is 248 g/mol. The van der Waals surface area contributed by atoms with Crippen LogP contribution in [0.15, 0.2) is 42.5 Å². The van der Waals surface area contributed by atoms with E-state index >= 15 is 0 Å². The molecule has 2 aromatic carbocycles. The molecule has 0 bridgehead atoms. The van der Waals surface area contributed by atoms with Gasteiger partial charge >= 0.3 is 0 Å². The van der Waals surface area contributed by atoms with Crippen molar-refractivity contribution in [3.05, 3.63) is 70.8 Å². The second-order valence-corrected chi connectivity index (χ2v) is 4.15. The lowest BCUT2D eigenvalue weighted by Gasteiger charge is -2.18. The number of hydrogen-bond donors (Lipinski definition) is 2. The standard InChI is InChI=1S/C14H14F2N2/c1-9-6-7-13(16)11(8-9)14(18-17)10-4-2-3-5-12(10)15/h2-8,14,18H,17H2,1H3. The second kappa shape index (κ2) is 5.25. The summed E-state index contributed by atoms with van der Waals surface area (Å²) in [5.41, 5.74) is 4.01. The lowest BCUT2D eigenvalue weighted by Crippen LogP contribution is -2.30. The molecule has 0 saturated heterocycles. The number of nitrogens with two attached hydrogens (primary N) is 1. The summed E-state index contributed by atoms with van der Waals surface area (Å²) in [5.74, 6) is 4.62. The van der Waals surface area contributed by atoms with Gasteiger partial charge in [0, 0.05) is 11.1 Å². The molecule has 0 heterocycles. The van der Waals surface area contributed by atoms with Gasteiger partial charge in [0.1, 0.15) is 11.6 Å². The number of hydrogen-bond acceptors (Lipinski definition) is 2. The molecule has 94 valence electrons. The Hall–Kier alpha value is -1.78. The molecule has 2 nitrogen and oxygen atoms in total. The van der Waals surface area contributed by atoms with Gasteiger partial charge in [-0.1, -0.05) is 35.9 Å². The van der Waals surface area contributed by atoms with Gasteiger partial charge in [0.25, 0.3) is 0 Å². The summed E-state index contributed by atoms with van der Waals surface area (Å²) in [7, 11) is 0. The third kappa shape index (κ3) is 2.39. The van der Waals surface area contributed by atoms with E-state index in [0.29, 0.717) is 11.1 Å². The fourth-order valence-electron chi connectivity index (χ4n) is 1.94. The minimum atomic E-state index is -0.703. The van der Waals surface area contributed by atoms with Gasteiger partial charge in [-0.15, -0.1) is 0 Å². The average Bonchev–Trinajstić information content (AvgIpc) is 2.36. The van der Waals surface area contributed by atoms with Gasteiger partial charge in [-0.3, -0.25) is 5.84 Å². The van der Waals surface area contributed by atoms with Gasteiger partial charge in [0.2, 0.25) is 0 Å². The van der Waals surface area contributed by atoms with Crippen LogP contribution in [0.1, 0.15) is 22.7 Å². The zero-order chi connectivity index (χ0) is 13.1. The molecule has 3 N–H and O–H groups in total. The number of halogens is 2. The van der Waals surface area contributed by atoms with Gasteiger partial charge in [-0.2, -0.15) is 0 Å². The van der Waals surface area contributed by atoms with Gasteiger partial charge in [0.05, 0.1) is 6.04 Å². The fraction of sp³-hybridized carbons (Fsp3) is 0.143. The van der Waals surface area contributed by atoms with Crippen molar-refractivity contribution in [1.82, 2.24) is 5.43 Å². The van der Waals surface area contributed by atoms with E-state index in [2.05, 4.69) is 5.43 Å². The molecule has 0 saturated carbocycles. The molecule has 0 amide bonds. The van der Waals surface area contributed by atoms with Crippen molar-refractivity contribution >= 4 is 0 Å². The van der Waals surface area contributed by atoms with E-state index in [0.717, 1.165) is 5.56 Å². The highest BCUT2D eigenvalue weighted by Crippen LogP contribution is 2.26. The normalized spacial score (nSPS) is 12.4. The first-order valence-electron chi connectivity index (χ1n) is 5.60. The van der Waals surface area contributed by atoms with Crippen molar-refractivity contribution in [3.8, 4) is 0 Å². The van der Waals surface area contributed by atoms with Crippen LogP contribution in [0.4, 0.5) is 8.78 Å². The molecule has 0 aliphatic carbocycles. The Labute approximate surface area is 104 Å². The molecule has 1 atom stereocenters. The van der Waals surface area contributed by atoms with Crippen LogP contribution < -0.4 is 11.3 Å². The first-order chi connectivity index (χ1) is 8.63. The van der Waals surface area contributed by atoms with Crippen LogP contribution in [0.2, 0.25) is 0 Å². The van der Waals surface area contributed by atoms with Crippen LogP contribution >= 0.6 is 0 Å². The highest BCUT2D eigenvalue weighted by atomic mass is 19.1. The predicted molar refractivity (Wildman–Crippen MR) is 66.7 cm³/mol. The van der Waals surface area contributed by atoms with Crippen molar-refractivity contribution in [2.24, 2.45) is 5.84 Å². The quantitative estimate of drug-likeness (QED) is 0.647. The Kier molecular flexibility index (Phi) is 3.69. The Bertz CT molecular complexity index is 555. The van der Waals surface area contributed by atoms with Crippen LogP contribution in [0.3, 0.4) is 0 Å². The van der Waals surface area contributed by atoms with E-state index in [9.17, 15) is 8.78 Å². The third-order valence-electron chi connectivity index (χ3n) is 2.85. The average molecular weight is 248 g/mol. The molecule has 0 radical (unpaired) electrons. The number of hydrazine groups is 1. The number of benzene rings is 2. The number of rotatable bonds is 3. The maximum Gasteiger partial charge on any atom is 0.128 e. The zero-order valence-corrected chi connectivity index (χ0v) is 9.95. The highest BCUT2D eigenvalue weighted by molar-refractivity contribution is 5.35. The summed E-state index contributed by atoms with van der Waals surface area (Å²) in [6.07, 6.45) is 0. The molecule has 2 rings (SSSR count). The Balaban J connectivity index is 2.52. The minimum absolute atomic E-state index is 0.324. The number of aryl methyl sites for hydroxylation is 1. The first kappa shape index (κ1) is 12.7. The third-order valence-corrected chi connectivity index (χ3v) is 2.85. The van der Waals surface area contributed by atoms with Crippen LogP contribution in [-0.4, -0.2) is 0 Å². The zero-order valence-electron chi connectivity index (χ0n) is 9.95. The molecule has 0 fully saturated rings. The minimum Gasteiger partial charge on any atom is -0.271 e. The highest BCUT2D eigenvalue weighted by Gasteiger charge is 2.19. The SMILES string of the molecule is Cc1ccc(F)c(C(NN)c2ccccc2F)c1. The Morgan fingerprint density at radius 1 is 1.00 bits per heavy atom. The summed E-state index contributed by atoms with van der Waals surface area (Å²) in [6, 6.07) is 10.2. The lowest BCUT2D eigenvalue weighted by atomic mass is 9.97. The van der Waals surface area contributed by atoms with Crippen molar-refractivity contribution in [2.45, 2.75) is 13.0 Å². The van der Waals surface area contributed by atoms with Crippen LogP contribution in [0.25, 0.3) is 0 Å². The molecular weight excluding hydrogens is 234 g/mol. The van der Waals surface area contributed by atoms with Crippen molar-refractivity contribution in [3.63, 3.8) is 0 Å². The molecule has 0 aliphatic rings. The van der Waals surface area contributed by atoms with Gasteiger partial charge < -0.3 is 0 Å². The predicted octanol–water partition coefficient (Wildman–Crippen LogP) is 2.83. The van der Waals surface area contributed by atoms with Crippen molar-refractivity contribution in [2.75, 3.05) is 0 Å². The molecule has 0 aliphatic heterocycles. The molecule has 0 spiro atoms. The van der Waals surface area contributed by atoms with Crippen LogP contribution in [-0.2, 0) is 0 Å². The largest absolute Gasteiger partial charge is 0.271 e. The molecule has 0 aromatic heterocycles. The summed E-state index contributed by atoms with van der Waals surface area (Å²) >= 11 is 0. The lowest BCUT2D eigenvalue weighted by molar-refractivity contribution is 0.531. The van der Waals surface area contributed by atoms with Gasteiger partial charge in [-0.05, 0) is 19.1 Å². The van der Waals surface area contributed by atoms with Crippen LogP contribution in [0.5, 0.6) is 0 Å². The summed E-state index contributed by atoms with van der Waals surface area (Å²) < 4.78 is 27.5. The topological polar surface area (TPSA) is 38.0 Å². The second-order valence-electron chi connectivity index (χ2n) is 4.15. The van der Waals surface area contributed by atoms with Crippen LogP contribution in [0, 0.1) is 18.6 Å². The fourth-order valence-corrected chi connectivity index (χ4v) is 1.94. The molecular formula is C14H14F2N2. The molecule has 4 heteroatoms. The van der Waals surface area contributed by atoms with Gasteiger partial charge in [0.15, 0.2) is 0 Å². The van der Waals surface area contributed by atoms with Gasteiger partial charge in [-0.25, -0.2) is 14.2 Å². The van der Waals surface area contributed by atoms with E-state index in [1.807, 2.05) is 6.92 Å². The Morgan fingerprint density at radius 2 is 1.67 bits per heavy atom. The van der Waals surface area contributed by atoms with E-state index in [-0.39, 0.29) is 0 Å². The summed E-state index contributed by atoms with van der Waals surface area (Å²) in [6.45, 7) is 1.85. The molecule has 18 heavy (non-hydrogen) atoms. The van der Waals surface area contributed by atoms with E-state index < -0.39 is 17.7 Å². The molecule has 2 aromatic rings. The summed E-state index contributed by atoms with van der Waals surface area (Å²) in [5, 5.41) is 0. The maximum atomic E-state index is 13.8. The van der Waals surface area contributed by atoms with Crippen molar-refractivity contribution in [1.29, 1.82) is 0 Å². The van der Waals surface area contributed by atoms with E-state index in [1.54, 1.807) is 30.3 Å². The Morgan fingerprint density at radius 3 is 2.33 bits per heavy atom. The maximum absolute atomic E-state index is 13.8.